The van der Waals surface area contributed by atoms with Crippen LogP contribution in [0, 0.1) is 0 Å². The first-order valence-corrected chi connectivity index (χ1v) is 10.8. The van der Waals surface area contributed by atoms with Crippen LogP contribution in [0.1, 0.15) is 28.4 Å². The molecule has 6 nitrogen and oxygen atoms in total. The van der Waals surface area contributed by atoms with E-state index in [0.717, 1.165) is 22.3 Å². The zero-order valence-electron chi connectivity index (χ0n) is 19.2. The van der Waals surface area contributed by atoms with Crippen LogP contribution in [0.3, 0.4) is 0 Å². The predicted molar refractivity (Wildman–Crippen MR) is 127 cm³/mol. The molecule has 3 aromatic rings. The molecule has 33 heavy (non-hydrogen) atoms. The molecule has 0 spiro atoms. The molecular formula is C27H29NO5. The summed E-state index contributed by atoms with van der Waals surface area (Å²) in [5.74, 6) is -0.410. The van der Waals surface area contributed by atoms with Crippen LogP contribution in [-0.2, 0) is 22.5 Å². The summed E-state index contributed by atoms with van der Waals surface area (Å²) < 4.78 is 10.6. The summed E-state index contributed by atoms with van der Waals surface area (Å²) in [5, 5.41) is 9.46. The molecule has 0 aliphatic carbocycles. The Morgan fingerprint density at radius 2 is 1.70 bits per heavy atom. The molecule has 3 aromatic carbocycles. The molecule has 0 unspecified atom stereocenters. The van der Waals surface area contributed by atoms with Crippen molar-refractivity contribution in [2.75, 3.05) is 20.8 Å². The fourth-order valence-corrected chi connectivity index (χ4v) is 3.72. The molecule has 0 fully saturated rings. The molecule has 0 bridgehead atoms. The van der Waals surface area contributed by atoms with Crippen molar-refractivity contribution < 1.29 is 24.2 Å². The quantitative estimate of drug-likeness (QED) is 0.489. The summed E-state index contributed by atoms with van der Waals surface area (Å²) in [7, 11) is 3.34. The van der Waals surface area contributed by atoms with Gasteiger partial charge in [0, 0.05) is 32.2 Å². The number of hydrogen-bond acceptors (Lipinski definition) is 4. The molecule has 0 saturated carbocycles. The van der Waals surface area contributed by atoms with Crippen LogP contribution in [0.5, 0.6) is 5.75 Å². The van der Waals surface area contributed by atoms with E-state index in [1.807, 2.05) is 48.5 Å². The van der Waals surface area contributed by atoms with Crippen LogP contribution in [0.2, 0.25) is 0 Å². The van der Waals surface area contributed by atoms with Crippen LogP contribution < -0.4 is 4.74 Å². The van der Waals surface area contributed by atoms with Crippen molar-refractivity contribution in [1.82, 2.24) is 4.90 Å². The van der Waals surface area contributed by atoms with Gasteiger partial charge in [-0.25, -0.2) is 4.79 Å². The minimum atomic E-state index is -0.989. The van der Waals surface area contributed by atoms with Crippen molar-refractivity contribution in [3.05, 3.63) is 89.5 Å². The van der Waals surface area contributed by atoms with Gasteiger partial charge in [-0.1, -0.05) is 48.5 Å². The summed E-state index contributed by atoms with van der Waals surface area (Å²) in [6.45, 7) is 2.47. The molecular weight excluding hydrogens is 418 g/mol. The Hall–Kier alpha value is -3.64. The number of carboxylic acid groups (broad SMARTS) is 1. The molecule has 0 aromatic heterocycles. The lowest BCUT2D eigenvalue weighted by Crippen LogP contribution is -2.27. The van der Waals surface area contributed by atoms with Gasteiger partial charge in [0.15, 0.2) is 6.10 Å². The number of hydrogen-bond donors (Lipinski definition) is 1. The van der Waals surface area contributed by atoms with Gasteiger partial charge in [-0.2, -0.15) is 0 Å². The van der Waals surface area contributed by atoms with Gasteiger partial charge in [0.25, 0.3) is 5.91 Å². The smallest absolute Gasteiger partial charge is 0.333 e. The van der Waals surface area contributed by atoms with E-state index >= 15 is 0 Å². The highest BCUT2D eigenvalue weighted by Gasteiger charge is 2.20. The largest absolute Gasteiger partial charge is 0.497 e. The fraction of sp³-hybridized carbons (Fsp3) is 0.259. The van der Waals surface area contributed by atoms with Crippen molar-refractivity contribution in [1.29, 1.82) is 0 Å². The first-order chi connectivity index (χ1) is 15.9. The van der Waals surface area contributed by atoms with Gasteiger partial charge in [0.1, 0.15) is 5.75 Å². The van der Waals surface area contributed by atoms with Crippen LogP contribution in [0.25, 0.3) is 11.1 Å². The zero-order chi connectivity index (χ0) is 23.8. The Kier molecular flexibility index (Phi) is 8.22. The first-order valence-electron chi connectivity index (χ1n) is 10.8. The number of aliphatic carboxylic acids is 1. The van der Waals surface area contributed by atoms with Crippen molar-refractivity contribution in [2.24, 2.45) is 0 Å². The lowest BCUT2D eigenvalue weighted by molar-refractivity contribution is -0.149. The maximum Gasteiger partial charge on any atom is 0.333 e. The summed E-state index contributed by atoms with van der Waals surface area (Å²) in [4.78, 5) is 26.2. The molecule has 0 saturated heterocycles. The van der Waals surface area contributed by atoms with E-state index in [-0.39, 0.29) is 12.3 Å². The van der Waals surface area contributed by atoms with Gasteiger partial charge < -0.3 is 19.5 Å². The molecule has 3 rings (SSSR count). The van der Waals surface area contributed by atoms with E-state index in [9.17, 15) is 14.7 Å². The van der Waals surface area contributed by atoms with E-state index in [1.165, 1.54) is 0 Å². The average molecular weight is 448 g/mol. The Morgan fingerprint density at radius 3 is 2.30 bits per heavy atom. The van der Waals surface area contributed by atoms with Crippen molar-refractivity contribution in [3.8, 4) is 16.9 Å². The molecule has 172 valence electrons. The highest BCUT2D eigenvalue weighted by Crippen LogP contribution is 2.27. The SMILES string of the molecule is CCO[C@@H](Cc1ccc(-c2ccccc2)c(CN(C)C(=O)c2ccc(OC)cc2)c1)C(=O)O. The Balaban J connectivity index is 1.90. The molecule has 1 N–H and O–H groups in total. The minimum Gasteiger partial charge on any atom is -0.497 e. The highest BCUT2D eigenvalue weighted by atomic mass is 16.5. The number of amides is 1. The first kappa shape index (κ1) is 24.0. The lowest BCUT2D eigenvalue weighted by Gasteiger charge is -2.21. The summed E-state index contributed by atoms with van der Waals surface area (Å²) in [5.41, 5.74) is 4.37. The second-order valence-electron chi connectivity index (χ2n) is 7.73. The van der Waals surface area contributed by atoms with Crippen LogP contribution in [0.15, 0.2) is 72.8 Å². The second-order valence-corrected chi connectivity index (χ2v) is 7.73. The second kappa shape index (κ2) is 11.3. The summed E-state index contributed by atoms with van der Waals surface area (Å²) in [6, 6.07) is 22.8. The van der Waals surface area contributed by atoms with Crippen molar-refractivity contribution in [2.45, 2.75) is 26.0 Å². The van der Waals surface area contributed by atoms with Gasteiger partial charge in [0.2, 0.25) is 0 Å². The van der Waals surface area contributed by atoms with Crippen molar-refractivity contribution >= 4 is 11.9 Å². The van der Waals surface area contributed by atoms with E-state index in [4.69, 9.17) is 9.47 Å². The summed E-state index contributed by atoms with van der Waals surface area (Å²) in [6.07, 6.45) is -0.662. The minimum absolute atomic E-state index is 0.111. The molecule has 1 atom stereocenters. The van der Waals surface area contributed by atoms with Gasteiger partial charge in [-0.15, -0.1) is 0 Å². The monoisotopic (exact) mass is 447 g/mol. The molecule has 0 aliphatic rings. The normalized spacial score (nSPS) is 11.6. The van der Waals surface area contributed by atoms with Crippen LogP contribution in [-0.4, -0.2) is 48.8 Å². The number of carbonyl (C=O) groups excluding carboxylic acids is 1. The van der Waals surface area contributed by atoms with Crippen molar-refractivity contribution in [3.63, 3.8) is 0 Å². The third-order valence-electron chi connectivity index (χ3n) is 5.41. The number of carboxylic acids is 1. The zero-order valence-corrected chi connectivity index (χ0v) is 19.2. The Bertz CT molecular complexity index is 1080. The van der Waals surface area contributed by atoms with Crippen LogP contribution >= 0.6 is 0 Å². The standard InChI is InChI=1S/C27H29NO5/c1-4-33-25(27(30)31)17-19-10-15-24(20-8-6-5-7-9-20)22(16-19)18-28(2)26(29)21-11-13-23(32-3)14-12-21/h5-16,25H,4,17-18H2,1-3H3,(H,30,31)/t25-/m0/s1. The Labute approximate surface area is 194 Å². The third-order valence-corrected chi connectivity index (χ3v) is 5.41. The molecule has 6 heteroatoms. The van der Waals surface area contributed by atoms with E-state index in [1.54, 1.807) is 50.2 Å². The predicted octanol–water partition coefficient (Wildman–Crippen LogP) is 4.67. The maximum atomic E-state index is 13.0. The van der Waals surface area contributed by atoms with Gasteiger partial charge in [0.05, 0.1) is 7.11 Å². The van der Waals surface area contributed by atoms with E-state index in [2.05, 4.69) is 0 Å². The van der Waals surface area contributed by atoms with Gasteiger partial charge in [-0.05, 0) is 53.4 Å². The molecule has 1 amide bonds. The molecule has 0 heterocycles. The topological polar surface area (TPSA) is 76.1 Å². The maximum absolute atomic E-state index is 13.0. The Morgan fingerprint density at radius 1 is 1.00 bits per heavy atom. The molecule has 0 aliphatic heterocycles. The third kappa shape index (κ3) is 6.20. The highest BCUT2D eigenvalue weighted by molar-refractivity contribution is 5.94. The number of carbonyl (C=O) groups is 2. The lowest BCUT2D eigenvalue weighted by atomic mass is 9.95. The number of nitrogens with zero attached hydrogens (tertiary/aromatic N) is 1. The average Bonchev–Trinajstić information content (AvgIpc) is 2.84. The van der Waals surface area contributed by atoms with Gasteiger partial charge >= 0.3 is 5.97 Å². The number of ether oxygens (including phenoxy) is 2. The number of benzene rings is 3. The van der Waals surface area contributed by atoms with E-state index in [0.29, 0.717) is 24.5 Å². The molecule has 0 radical (unpaired) electrons. The summed E-state index contributed by atoms with van der Waals surface area (Å²) >= 11 is 0. The van der Waals surface area contributed by atoms with Gasteiger partial charge in [-0.3, -0.25) is 4.79 Å². The number of rotatable bonds is 10. The number of methoxy groups -OCH3 is 1. The fourth-order valence-electron chi connectivity index (χ4n) is 3.72. The van der Waals surface area contributed by atoms with Crippen LogP contribution in [0.4, 0.5) is 0 Å². The van der Waals surface area contributed by atoms with E-state index < -0.39 is 12.1 Å².